The van der Waals surface area contributed by atoms with Crippen LogP contribution < -0.4 is 24.3 Å². The van der Waals surface area contributed by atoms with E-state index in [2.05, 4.69) is 252 Å². The van der Waals surface area contributed by atoms with Crippen molar-refractivity contribution in [3.8, 4) is 56.0 Å². The number of hydrogen-bond donors (Lipinski definition) is 0. The van der Waals surface area contributed by atoms with Crippen LogP contribution in [0.25, 0.3) is 44.5 Å². The molecular formula is C68H50N4OPt. The maximum atomic E-state index is 6.92. The van der Waals surface area contributed by atoms with E-state index in [1.54, 1.807) is 0 Å². The zero-order valence-electron chi connectivity index (χ0n) is 41.1. The molecule has 9 heterocycles. The van der Waals surface area contributed by atoms with Crippen LogP contribution in [0.1, 0.15) is 33.4 Å². The molecule has 0 unspecified atom stereocenters. The van der Waals surface area contributed by atoms with E-state index >= 15 is 0 Å². The molecule has 0 N–H and O–H groups in total. The Morgan fingerprint density at radius 3 is 0.959 bits per heavy atom. The number of rotatable bonds is 0. The summed E-state index contributed by atoms with van der Waals surface area (Å²) in [6, 6.07) is 83.0. The van der Waals surface area contributed by atoms with Crippen molar-refractivity contribution in [2.24, 2.45) is 0 Å². The Balaban J connectivity index is 1.18. The molecule has 358 valence electrons. The summed E-state index contributed by atoms with van der Waals surface area (Å²) in [4.78, 5) is 10.4. The van der Waals surface area contributed by atoms with Gasteiger partial charge in [0, 0.05) is 0 Å². The van der Waals surface area contributed by atoms with Crippen LogP contribution in [0.5, 0.6) is 11.5 Å². The van der Waals surface area contributed by atoms with Crippen molar-refractivity contribution < 1.29 is 22.4 Å². The van der Waals surface area contributed by atoms with E-state index in [0.29, 0.717) is 0 Å². The fraction of sp³-hybridized carbons (Fsp3) is 0.0882. The normalized spacial score (nSPS) is 14.7. The Labute approximate surface area is 440 Å². The van der Waals surface area contributed by atoms with Crippen molar-refractivity contribution in [1.82, 2.24) is 0 Å². The summed E-state index contributed by atoms with van der Waals surface area (Å²) in [6.07, 6.45) is 3.81. The summed E-state index contributed by atoms with van der Waals surface area (Å²) in [5.41, 5.74) is 26.4. The van der Waals surface area contributed by atoms with Crippen molar-refractivity contribution in [2.75, 3.05) is 19.6 Å². The predicted octanol–water partition coefficient (Wildman–Crippen LogP) is 16.8. The van der Waals surface area contributed by atoms with E-state index in [9.17, 15) is 0 Å². The third kappa shape index (κ3) is 7.09. The molecule has 74 heavy (non-hydrogen) atoms. The zero-order chi connectivity index (χ0) is 49.0. The Morgan fingerprint density at radius 2 is 0.635 bits per heavy atom. The fourth-order valence-electron chi connectivity index (χ4n) is 11.8. The monoisotopic (exact) mass is 1130 g/mol. The molecule has 19 rings (SSSR count). The molecule has 0 saturated carbocycles. The van der Waals surface area contributed by atoms with E-state index < -0.39 is 17.6 Å². The topological polar surface area (TPSA) is 22.2 Å². The van der Waals surface area contributed by atoms with Crippen LogP contribution >= 0.6 is 0 Å². The van der Waals surface area contributed by atoms with Crippen LogP contribution in [0.15, 0.2) is 218 Å². The average molecular weight is 1130 g/mol. The Morgan fingerprint density at radius 1 is 0.324 bits per heavy atom. The summed E-state index contributed by atoms with van der Waals surface area (Å²) in [6.45, 7) is 4.52. The zero-order valence-corrected chi connectivity index (χ0v) is 43.4. The first-order valence-corrected chi connectivity index (χ1v) is 28.0. The van der Waals surface area contributed by atoms with Gasteiger partial charge < -0.3 is 0 Å². The maximum absolute atomic E-state index is 6.92. The second-order valence-electron chi connectivity index (χ2n) is 20.2. The Bertz CT molecular complexity index is 3610. The summed E-state index contributed by atoms with van der Waals surface area (Å²) in [5.74, 6) is 1.58. The molecule has 0 spiro atoms. The van der Waals surface area contributed by atoms with Gasteiger partial charge >= 0.3 is 443 Å². The van der Waals surface area contributed by atoms with Gasteiger partial charge in [0.25, 0.3) is 0 Å². The van der Waals surface area contributed by atoms with E-state index in [-0.39, 0.29) is 0 Å². The Hall–Kier alpha value is -8.37. The van der Waals surface area contributed by atoms with Gasteiger partial charge in [-0.3, -0.25) is 0 Å². The minimum atomic E-state index is -1.20. The summed E-state index contributed by atoms with van der Waals surface area (Å²) < 4.78 is 9.36. The number of nitrogens with zero attached hydrogens (tertiary/aromatic N) is 4. The van der Waals surface area contributed by atoms with Crippen molar-refractivity contribution >= 4 is 53.8 Å². The summed E-state index contributed by atoms with van der Waals surface area (Å²) in [7, 11) is 0. The van der Waals surface area contributed by atoms with Crippen LogP contribution in [0, 0.1) is 13.8 Å². The second-order valence-corrected chi connectivity index (χ2v) is 22.8. The van der Waals surface area contributed by atoms with Gasteiger partial charge in [0.15, 0.2) is 0 Å². The molecule has 9 aliphatic rings. The number of anilines is 8. The van der Waals surface area contributed by atoms with Gasteiger partial charge in [-0.05, 0) is 0 Å². The van der Waals surface area contributed by atoms with Crippen LogP contribution in [-0.4, -0.2) is 8.29 Å². The van der Waals surface area contributed by atoms with Gasteiger partial charge in [0.2, 0.25) is 0 Å². The number of ether oxygens (including phenoxy) is 1. The van der Waals surface area contributed by atoms with E-state index in [4.69, 9.17) is 4.74 Å². The number of benzene rings is 10. The number of fused-ring (bicyclic) bond motifs is 14. The third-order valence-corrected chi connectivity index (χ3v) is 18.4. The summed E-state index contributed by atoms with van der Waals surface area (Å²) in [5, 5.41) is 0. The molecule has 5 nitrogen and oxygen atoms in total. The molecule has 0 atom stereocenters. The first kappa shape index (κ1) is 43.2. The molecular weight excluding hydrogens is 1080 g/mol. The third-order valence-electron chi connectivity index (χ3n) is 15.4. The molecule has 0 aromatic heterocycles. The predicted molar refractivity (Wildman–Crippen MR) is 303 cm³/mol. The van der Waals surface area contributed by atoms with Crippen molar-refractivity contribution in [3.05, 3.63) is 252 Å². The van der Waals surface area contributed by atoms with Crippen LogP contribution in [0.3, 0.4) is 0 Å². The quantitative estimate of drug-likeness (QED) is 0.150. The molecule has 0 radical (unpaired) electrons. The van der Waals surface area contributed by atoms with Crippen LogP contribution in [0.2, 0.25) is 0 Å². The van der Waals surface area contributed by atoms with Gasteiger partial charge in [0.05, 0.1) is 0 Å². The summed E-state index contributed by atoms with van der Waals surface area (Å²) >= 11 is -1.20. The van der Waals surface area contributed by atoms with Gasteiger partial charge in [-0.15, -0.1) is 0 Å². The van der Waals surface area contributed by atoms with Gasteiger partial charge in [-0.25, -0.2) is 0 Å². The second kappa shape index (κ2) is 17.1. The molecule has 6 heteroatoms. The first-order chi connectivity index (χ1) is 36.5. The number of para-hydroxylation sites is 4. The van der Waals surface area contributed by atoms with Gasteiger partial charge in [-0.1, -0.05) is 0 Å². The van der Waals surface area contributed by atoms with Gasteiger partial charge in [0.1, 0.15) is 0 Å². The van der Waals surface area contributed by atoms with Crippen molar-refractivity contribution in [3.63, 3.8) is 0 Å². The Kier molecular flexibility index (Phi) is 10.0. The van der Waals surface area contributed by atoms with Crippen LogP contribution in [0.4, 0.5) is 45.5 Å². The molecule has 0 amide bonds. The van der Waals surface area contributed by atoms with Crippen molar-refractivity contribution in [1.29, 1.82) is 0 Å². The SMILES string of the molecule is Cc1cc2c3c(c1)-c1ccc(cc1)CCc1ccc(cc1)-c1cc(C)cc(c1N1[C]4=[Pt]=[C]5N(c6cccc(c6)Oc6cccc(c6)N4c4ccccc41)c1ccccc1N53)-c1ccc(cc1)CCc1ccc-2cc1. The molecule has 10 aromatic carbocycles. The van der Waals surface area contributed by atoms with Crippen LogP contribution in [-0.2, 0) is 43.3 Å². The average Bonchev–Trinajstić information content (AvgIpc) is 3.95. The molecule has 0 saturated heterocycles. The van der Waals surface area contributed by atoms with Gasteiger partial charge in [-0.2, -0.15) is 0 Å². The van der Waals surface area contributed by atoms with E-state index in [0.717, 1.165) is 71.3 Å². The van der Waals surface area contributed by atoms with Crippen molar-refractivity contribution in [2.45, 2.75) is 39.5 Å². The standard InChI is InChI=1S/C68H50N4O.Pt/c1-45-37-59-51-29-21-47(22-30-51)17-19-49-25-33-53(34-26-49)61-39-46(2)40-62-54-35-27-50(28-36-54)20-18-48-23-31-52(32-24-48)60(38-45)67(59)71-43-69(63-13-3-5-15-65(63)71)55-9-7-11-57(41-55)73-58-12-8-10-56(42-58)70-44-72(68(61)62)66-16-6-4-14-64(66)70;/h3-16,21-42H,17-20H2,1-2H3;. The molecule has 10 aromatic rings. The molecule has 16 bridgehead atoms. The number of hydrogen-bond acceptors (Lipinski definition) is 5. The molecule has 0 aliphatic carbocycles. The van der Waals surface area contributed by atoms with E-state index in [1.165, 1.54) is 97.6 Å². The number of aryl methyl sites for hydroxylation is 6. The van der Waals surface area contributed by atoms with E-state index in [1.807, 2.05) is 0 Å². The first-order valence-electron chi connectivity index (χ1n) is 25.7. The fourth-order valence-corrected chi connectivity index (χ4v) is 15.4. The molecule has 9 aliphatic heterocycles. The molecule has 0 fully saturated rings. The minimum absolute atomic E-state index is 0.791.